The van der Waals surface area contributed by atoms with Crippen molar-refractivity contribution in [2.45, 2.75) is 38.4 Å². The zero-order chi connectivity index (χ0) is 15.1. The highest BCUT2D eigenvalue weighted by atomic mass is 35.5. The van der Waals surface area contributed by atoms with Crippen LogP contribution in [0.25, 0.3) is 0 Å². The zero-order valence-corrected chi connectivity index (χ0v) is 13.5. The third-order valence-electron chi connectivity index (χ3n) is 3.12. The summed E-state index contributed by atoms with van der Waals surface area (Å²) >= 11 is 4.65. The van der Waals surface area contributed by atoms with E-state index in [1.165, 1.54) is 7.11 Å². The van der Waals surface area contributed by atoms with Gasteiger partial charge in [0.1, 0.15) is 16.1 Å². The molecule has 0 radical (unpaired) electrons. The number of hydrogen-bond acceptors (Lipinski definition) is 3. The Kier molecular flexibility index (Phi) is 4.33. The van der Waals surface area contributed by atoms with E-state index < -0.39 is 21.9 Å². The van der Waals surface area contributed by atoms with Gasteiger partial charge in [-0.3, -0.25) is 0 Å². The molecule has 1 aromatic carbocycles. The number of halogens is 2. The van der Waals surface area contributed by atoms with Crippen LogP contribution >= 0.6 is 11.6 Å². The van der Waals surface area contributed by atoms with Crippen LogP contribution in [0.2, 0.25) is 5.02 Å². The highest BCUT2D eigenvalue weighted by Crippen LogP contribution is 2.37. The van der Waals surface area contributed by atoms with E-state index in [1.54, 1.807) is 6.07 Å². The van der Waals surface area contributed by atoms with E-state index in [4.69, 9.17) is 16.3 Å². The summed E-state index contributed by atoms with van der Waals surface area (Å²) in [7, 11) is 1.38. The van der Waals surface area contributed by atoms with Crippen molar-refractivity contribution in [1.82, 2.24) is 0 Å². The Balaban J connectivity index is 2.47. The second-order valence-corrected chi connectivity index (χ2v) is 7.94. The molecule has 0 saturated heterocycles. The zero-order valence-electron chi connectivity index (χ0n) is 11.9. The Hall–Kier alpha value is -0.780. The molecule has 0 amide bonds. The molecule has 0 aromatic heterocycles. The van der Waals surface area contributed by atoms with Crippen molar-refractivity contribution in [2.75, 3.05) is 7.11 Å². The average Bonchev–Trinajstić information content (AvgIpc) is 2.72. The van der Waals surface area contributed by atoms with E-state index in [0.29, 0.717) is 29.7 Å². The first-order valence-corrected chi connectivity index (χ1v) is 7.79. The van der Waals surface area contributed by atoms with Gasteiger partial charge in [-0.1, -0.05) is 16.0 Å². The standard InChI is InChI=1S/C14H17ClFNO2S/c1-14(2,3)20(18)17-11-6-5-8-9(11)7-10(15)13(19-4)12(8)16/h7H,5-6H2,1-4H3/b17-11-/t20-/m1/s1. The van der Waals surface area contributed by atoms with E-state index in [-0.39, 0.29) is 10.8 Å². The molecule has 0 heterocycles. The average molecular weight is 318 g/mol. The molecule has 1 aliphatic rings. The molecule has 3 nitrogen and oxygen atoms in total. The van der Waals surface area contributed by atoms with Gasteiger partial charge in [0.25, 0.3) is 0 Å². The summed E-state index contributed by atoms with van der Waals surface area (Å²) in [6, 6.07) is 1.64. The lowest BCUT2D eigenvalue weighted by Crippen LogP contribution is -2.26. The lowest BCUT2D eigenvalue weighted by molar-refractivity contribution is 0.385. The summed E-state index contributed by atoms with van der Waals surface area (Å²) in [5.74, 6) is -0.384. The highest BCUT2D eigenvalue weighted by molar-refractivity contribution is 7.91. The Bertz CT molecular complexity index is 569. The van der Waals surface area contributed by atoms with Crippen molar-refractivity contribution in [2.24, 2.45) is 4.40 Å². The van der Waals surface area contributed by atoms with Gasteiger partial charge in [0, 0.05) is 11.1 Å². The molecule has 0 saturated carbocycles. The first-order chi connectivity index (χ1) is 9.25. The van der Waals surface area contributed by atoms with E-state index in [9.17, 15) is 8.94 Å². The smallest absolute Gasteiger partial charge is 0.173 e. The van der Waals surface area contributed by atoms with Gasteiger partial charge in [-0.15, -0.1) is 0 Å². The summed E-state index contributed by atoms with van der Waals surface area (Å²) in [5, 5.41) is 0.208. The molecule has 20 heavy (non-hydrogen) atoms. The maximum Gasteiger partial charge on any atom is 0.173 e. The third-order valence-corrected chi connectivity index (χ3v) is 4.84. The second kappa shape index (κ2) is 5.54. The molecule has 0 fully saturated rings. The van der Waals surface area contributed by atoms with Gasteiger partial charge in [-0.2, -0.15) is 0 Å². The van der Waals surface area contributed by atoms with E-state index in [2.05, 4.69) is 4.40 Å². The summed E-state index contributed by atoms with van der Waals surface area (Å²) in [6.07, 6.45) is 1.09. The Morgan fingerprint density at radius 2 is 2.05 bits per heavy atom. The molecule has 0 spiro atoms. The monoisotopic (exact) mass is 317 g/mol. The molecule has 0 aliphatic heterocycles. The van der Waals surface area contributed by atoms with Crippen LogP contribution in [0.4, 0.5) is 4.39 Å². The minimum absolute atomic E-state index is 0.0589. The van der Waals surface area contributed by atoms with Crippen molar-refractivity contribution in [3.05, 3.63) is 28.0 Å². The second-order valence-electron chi connectivity index (χ2n) is 5.63. The third kappa shape index (κ3) is 2.80. The summed E-state index contributed by atoms with van der Waals surface area (Å²) < 4.78 is 35.1. The van der Waals surface area contributed by atoms with Crippen molar-refractivity contribution in [1.29, 1.82) is 0 Å². The van der Waals surface area contributed by atoms with Crippen LogP contribution in [0.1, 0.15) is 38.3 Å². The van der Waals surface area contributed by atoms with E-state index in [1.807, 2.05) is 20.8 Å². The molecule has 0 unspecified atom stereocenters. The van der Waals surface area contributed by atoms with Crippen LogP contribution in [0, 0.1) is 5.82 Å². The van der Waals surface area contributed by atoms with Crippen LogP contribution in [0.15, 0.2) is 10.5 Å². The Morgan fingerprint density at radius 3 is 2.60 bits per heavy atom. The number of methoxy groups -OCH3 is 1. The lowest BCUT2D eigenvalue weighted by atomic mass is 10.1. The predicted octanol–water partition coefficient (Wildman–Crippen LogP) is 3.69. The van der Waals surface area contributed by atoms with Crippen LogP contribution in [0.3, 0.4) is 0 Å². The first-order valence-electron chi connectivity index (χ1n) is 6.30. The fourth-order valence-electron chi connectivity index (χ4n) is 2.04. The number of nitrogens with zero attached hydrogens (tertiary/aromatic N) is 1. The van der Waals surface area contributed by atoms with Gasteiger partial charge in [0.2, 0.25) is 0 Å². The summed E-state index contributed by atoms with van der Waals surface area (Å²) in [5.41, 5.74) is 1.83. The largest absolute Gasteiger partial charge is 0.591 e. The molecule has 0 bridgehead atoms. The van der Waals surface area contributed by atoms with Crippen LogP contribution in [0.5, 0.6) is 5.75 Å². The minimum atomic E-state index is -1.36. The van der Waals surface area contributed by atoms with E-state index in [0.717, 1.165) is 0 Å². The van der Waals surface area contributed by atoms with Gasteiger partial charge in [-0.05, 0) is 39.7 Å². The van der Waals surface area contributed by atoms with E-state index >= 15 is 0 Å². The summed E-state index contributed by atoms with van der Waals surface area (Å²) in [6.45, 7) is 5.56. The Labute approximate surface area is 126 Å². The van der Waals surface area contributed by atoms with Crippen LogP contribution in [-0.2, 0) is 17.8 Å². The number of benzene rings is 1. The minimum Gasteiger partial charge on any atom is -0.591 e. The molecule has 2 rings (SSSR count). The molecular weight excluding hydrogens is 301 g/mol. The molecule has 6 heteroatoms. The molecule has 110 valence electrons. The molecule has 0 N–H and O–H groups in total. The topological polar surface area (TPSA) is 44.6 Å². The lowest BCUT2D eigenvalue weighted by Gasteiger charge is -2.18. The fourth-order valence-corrected chi connectivity index (χ4v) is 2.97. The maximum absolute atomic E-state index is 14.2. The highest BCUT2D eigenvalue weighted by Gasteiger charge is 2.31. The quantitative estimate of drug-likeness (QED) is 0.781. The molecular formula is C14H17ClFNO2S. The number of hydrogen-bond donors (Lipinski definition) is 0. The SMILES string of the molecule is COc1c(Cl)cc2c(c1F)CC/C2=N/[S@+]([O-])C(C)(C)C. The summed E-state index contributed by atoms with van der Waals surface area (Å²) in [4.78, 5) is 0. The first kappa shape index (κ1) is 15.6. The normalized spacial score (nSPS) is 18.2. The Morgan fingerprint density at radius 1 is 1.40 bits per heavy atom. The van der Waals surface area contributed by atoms with Crippen molar-refractivity contribution >= 4 is 28.7 Å². The molecule has 1 aromatic rings. The van der Waals surface area contributed by atoms with Crippen LogP contribution < -0.4 is 4.74 Å². The molecule has 1 aliphatic carbocycles. The maximum atomic E-state index is 14.2. The van der Waals surface area contributed by atoms with Crippen molar-refractivity contribution in [3.63, 3.8) is 0 Å². The predicted molar refractivity (Wildman–Crippen MR) is 80.7 cm³/mol. The van der Waals surface area contributed by atoms with Gasteiger partial charge in [0.05, 0.1) is 17.8 Å². The number of fused-ring (bicyclic) bond motifs is 1. The van der Waals surface area contributed by atoms with Crippen LogP contribution in [-0.4, -0.2) is 22.1 Å². The fraction of sp³-hybridized carbons (Fsp3) is 0.500. The van der Waals surface area contributed by atoms with Gasteiger partial charge in [0.15, 0.2) is 11.6 Å². The van der Waals surface area contributed by atoms with Crippen molar-refractivity contribution < 1.29 is 13.7 Å². The van der Waals surface area contributed by atoms with Gasteiger partial charge < -0.3 is 9.29 Å². The number of ether oxygens (including phenoxy) is 1. The molecule has 1 atom stereocenters. The van der Waals surface area contributed by atoms with Crippen molar-refractivity contribution in [3.8, 4) is 5.75 Å². The number of rotatable bonds is 2. The van der Waals surface area contributed by atoms with Gasteiger partial charge in [-0.25, -0.2) is 4.39 Å². The van der Waals surface area contributed by atoms with Gasteiger partial charge >= 0.3 is 0 Å².